The van der Waals surface area contributed by atoms with E-state index in [0.717, 1.165) is 45.0 Å². The number of aryl methyl sites for hydroxylation is 1. The zero-order chi connectivity index (χ0) is 11.8. The van der Waals surface area contributed by atoms with E-state index < -0.39 is 0 Å². The predicted octanol–water partition coefficient (Wildman–Crippen LogP) is 1.33. The van der Waals surface area contributed by atoms with Crippen molar-refractivity contribution >= 4 is 0 Å². The lowest BCUT2D eigenvalue weighted by Gasteiger charge is -2.14. The van der Waals surface area contributed by atoms with Gasteiger partial charge in [-0.15, -0.1) is 0 Å². The number of hydrogen-bond acceptors (Lipinski definition) is 3. The Kier molecular flexibility index (Phi) is 6.11. The molecular weight excluding hydrogens is 200 g/mol. The highest BCUT2D eigenvalue weighted by Crippen LogP contribution is 1.98. The van der Waals surface area contributed by atoms with Crippen LogP contribution in [0.3, 0.4) is 0 Å². The molecule has 4 nitrogen and oxygen atoms in total. The van der Waals surface area contributed by atoms with Crippen LogP contribution in [-0.2, 0) is 13.1 Å². The Morgan fingerprint density at radius 1 is 1.44 bits per heavy atom. The lowest BCUT2D eigenvalue weighted by Crippen LogP contribution is -2.29. The third kappa shape index (κ3) is 4.33. The minimum absolute atomic E-state index is 0.866. The molecule has 92 valence electrons. The average Bonchev–Trinajstić information content (AvgIpc) is 2.72. The van der Waals surface area contributed by atoms with Gasteiger partial charge in [-0.25, -0.2) is 4.98 Å². The summed E-state index contributed by atoms with van der Waals surface area (Å²) in [7, 11) is 2.14. The van der Waals surface area contributed by atoms with Gasteiger partial charge in [-0.05, 0) is 20.0 Å². The molecule has 0 aromatic carbocycles. The number of hydrogen-bond donors (Lipinski definition) is 1. The molecule has 0 amide bonds. The molecule has 0 aliphatic carbocycles. The van der Waals surface area contributed by atoms with E-state index >= 15 is 0 Å². The van der Waals surface area contributed by atoms with Crippen molar-refractivity contribution in [1.29, 1.82) is 0 Å². The molecule has 1 N–H and O–H groups in total. The Hall–Kier alpha value is -0.870. The van der Waals surface area contributed by atoms with E-state index in [1.165, 1.54) is 0 Å². The van der Waals surface area contributed by atoms with Crippen molar-refractivity contribution in [2.75, 3.05) is 26.7 Å². The highest BCUT2D eigenvalue weighted by Gasteiger charge is 2.01. The Morgan fingerprint density at radius 2 is 2.25 bits per heavy atom. The zero-order valence-electron chi connectivity index (χ0n) is 10.7. The van der Waals surface area contributed by atoms with E-state index in [9.17, 15) is 0 Å². The van der Waals surface area contributed by atoms with E-state index in [4.69, 9.17) is 0 Å². The van der Waals surface area contributed by atoms with Crippen LogP contribution in [0.1, 0.15) is 26.1 Å². The summed E-state index contributed by atoms with van der Waals surface area (Å²) in [5, 5.41) is 3.43. The van der Waals surface area contributed by atoms with E-state index in [1.54, 1.807) is 0 Å². The normalized spacial score (nSPS) is 11.2. The van der Waals surface area contributed by atoms with Gasteiger partial charge < -0.3 is 14.8 Å². The number of likely N-dealkylation sites (N-methyl/N-ethyl adjacent to an activating group) is 1. The Balaban J connectivity index is 2.23. The van der Waals surface area contributed by atoms with Crippen LogP contribution in [0.25, 0.3) is 0 Å². The van der Waals surface area contributed by atoms with Crippen LogP contribution < -0.4 is 5.32 Å². The average molecular weight is 224 g/mol. The Labute approximate surface area is 98.7 Å². The van der Waals surface area contributed by atoms with Gasteiger partial charge in [-0.3, -0.25) is 0 Å². The maximum atomic E-state index is 4.36. The third-order valence-corrected chi connectivity index (χ3v) is 2.76. The monoisotopic (exact) mass is 224 g/mol. The Bertz CT molecular complexity index is 282. The highest BCUT2D eigenvalue weighted by atomic mass is 15.1. The smallest absolute Gasteiger partial charge is 0.122 e. The van der Waals surface area contributed by atoms with Crippen molar-refractivity contribution in [1.82, 2.24) is 19.8 Å². The van der Waals surface area contributed by atoms with Gasteiger partial charge in [0, 0.05) is 32.0 Å². The first kappa shape index (κ1) is 13.2. The molecular formula is C12H24N4. The maximum absolute atomic E-state index is 4.36. The molecule has 0 atom stereocenters. The fraction of sp³-hybridized carbons (Fsp3) is 0.750. The molecule has 1 heterocycles. The van der Waals surface area contributed by atoms with Gasteiger partial charge in [-0.1, -0.05) is 13.8 Å². The molecule has 1 aromatic rings. The summed E-state index contributed by atoms with van der Waals surface area (Å²) in [5.74, 6) is 1.14. The number of aromatic nitrogens is 2. The second kappa shape index (κ2) is 7.41. The first-order chi connectivity index (χ1) is 7.77. The molecule has 0 bridgehead atoms. The molecule has 16 heavy (non-hydrogen) atoms. The van der Waals surface area contributed by atoms with Gasteiger partial charge in [0.2, 0.25) is 0 Å². The van der Waals surface area contributed by atoms with Crippen LogP contribution in [0.4, 0.5) is 0 Å². The summed E-state index contributed by atoms with van der Waals surface area (Å²) < 4.78 is 2.22. The SMILES string of the molecule is CCCn1ccnc1CNCCN(C)CC. The van der Waals surface area contributed by atoms with E-state index in [0.29, 0.717) is 0 Å². The lowest BCUT2D eigenvalue weighted by molar-refractivity contribution is 0.347. The highest BCUT2D eigenvalue weighted by molar-refractivity contribution is 4.91. The van der Waals surface area contributed by atoms with Crippen molar-refractivity contribution in [3.63, 3.8) is 0 Å². The van der Waals surface area contributed by atoms with Crippen LogP contribution in [0.2, 0.25) is 0 Å². The van der Waals surface area contributed by atoms with Crippen molar-refractivity contribution in [2.24, 2.45) is 0 Å². The number of nitrogens with zero attached hydrogens (tertiary/aromatic N) is 3. The second-order valence-corrected chi connectivity index (χ2v) is 4.11. The molecule has 1 rings (SSSR count). The fourth-order valence-electron chi connectivity index (χ4n) is 1.58. The largest absolute Gasteiger partial charge is 0.334 e. The topological polar surface area (TPSA) is 33.1 Å². The lowest BCUT2D eigenvalue weighted by atomic mass is 10.4. The van der Waals surface area contributed by atoms with Crippen LogP contribution in [0.5, 0.6) is 0 Å². The van der Waals surface area contributed by atoms with Crippen LogP contribution >= 0.6 is 0 Å². The van der Waals surface area contributed by atoms with Gasteiger partial charge >= 0.3 is 0 Å². The second-order valence-electron chi connectivity index (χ2n) is 4.11. The van der Waals surface area contributed by atoms with Crippen LogP contribution in [0, 0.1) is 0 Å². The van der Waals surface area contributed by atoms with Gasteiger partial charge in [0.15, 0.2) is 0 Å². The van der Waals surface area contributed by atoms with Gasteiger partial charge in [0.25, 0.3) is 0 Å². The first-order valence-electron chi connectivity index (χ1n) is 6.17. The van der Waals surface area contributed by atoms with Crippen molar-refractivity contribution in [3.8, 4) is 0 Å². The van der Waals surface area contributed by atoms with Gasteiger partial charge in [0.1, 0.15) is 5.82 Å². The molecule has 0 aliphatic heterocycles. The molecule has 0 unspecified atom stereocenters. The predicted molar refractivity (Wildman–Crippen MR) is 67.4 cm³/mol. The summed E-state index contributed by atoms with van der Waals surface area (Å²) in [6, 6.07) is 0. The molecule has 1 aromatic heterocycles. The van der Waals surface area contributed by atoms with Gasteiger partial charge in [0.05, 0.1) is 6.54 Å². The van der Waals surface area contributed by atoms with Crippen molar-refractivity contribution in [2.45, 2.75) is 33.4 Å². The molecule has 0 radical (unpaired) electrons. The summed E-state index contributed by atoms with van der Waals surface area (Å²) >= 11 is 0. The van der Waals surface area contributed by atoms with E-state index in [1.807, 2.05) is 6.20 Å². The summed E-state index contributed by atoms with van der Waals surface area (Å²) in [6.07, 6.45) is 5.09. The maximum Gasteiger partial charge on any atom is 0.122 e. The quantitative estimate of drug-likeness (QED) is 0.676. The van der Waals surface area contributed by atoms with Crippen molar-refractivity contribution in [3.05, 3.63) is 18.2 Å². The van der Waals surface area contributed by atoms with Crippen LogP contribution in [-0.4, -0.2) is 41.1 Å². The number of nitrogens with one attached hydrogen (secondary N) is 1. The minimum Gasteiger partial charge on any atom is -0.334 e. The molecule has 4 heteroatoms. The third-order valence-electron chi connectivity index (χ3n) is 2.76. The summed E-state index contributed by atoms with van der Waals surface area (Å²) in [5.41, 5.74) is 0. The Morgan fingerprint density at radius 3 is 2.94 bits per heavy atom. The van der Waals surface area contributed by atoms with Crippen molar-refractivity contribution < 1.29 is 0 Å². The fourth-order valence-corrected chi connectivity index (χ4v) is 1.58. The molecule has 0 saturated carbocycles. The van der Waals surface area contributed by atoms with E-state index in [-0.39, 0.29) is 0 Å². The zero-order valence-corrected chi connectivity index (χ0v) is 10.7. The molecule has 0 aliphatic rings. The molecule has 0 fully saturated rings. The minimum atomic E-state index is 0.866. The molecule has 0 saturated heterocycles. The first-order valence-corrected chi connectivity index (χ1v) is 6.17. The standard InChI is InChI=1S/C12H24N4/c1-4-8-16-10-7-14-12(16)11-13-6-9-15(3)5-2/h7,10,13H,4-6,8-9,11H2,1-3H3. The van der Waals surface area contributed by atoms with Crippen LogP contribution in [0.15, 0.2) is 12.4 Å². The van der Waals surface area contributed by atoms with E-state index in [2.05, 4.69) is 46.9 Å². The molecule has 0 spiro atoms. The summed E-state index contributed by atoms with van der Waals surface area (Å²) in [6.45, 7) is 9.50. The number of rotatable bonds is 8. The van der Waals surface area contributed by atoms with Gasteiger partial charge in [-0.2, -0.15) is 0 Å². The summed E-state index contributed by atoms with van der Waals surface area (Å²) in [4.78, 5) is 6.66. The number of imidazole rings is 1.